The van der Waals surface area contributed by atoms with E-state index in [1.54, 1.807) is 12.1 Å². The van der Waals surface area contributed by atoms with Gasteiger partial charge in [0.1, 0.15) is 11.6 Å². The highest BCUT2D eigenvalue weighted by molar-refractivity contribution is 9.10. The largest absolute Gasteiger partial charge is 0.235 e. The van der Waals surface area contributed by atoms with Gasteiger partial charge in [0.25, 0.3) is 0 Å². The maximum atomic E-state index is 13.3. The van der Waals surface area contributed by atoms with Crippen LogP contribution in [0.2, 0.25) is 0 Å². The predicted molar refractivity (Wildman–Crippen MR) is 69.6 cm³/mol. The van der Waals surface area contributed by atoms with Crippen molar-refractivity contribution in [1.29, 1.82) is 0 Å². The molecule has 0 bridgehead atoms. The van der Waals surface area contributed by atoms with Crippen LogP contribution in [-0.2, 0) is 6.42 Å². The molecule has 0 saturated heterocycles. The van der Waals surface area contributed by atoms with Crippen LogP contribution in [0.4, 0.5) is 14.5 Å². The summed E-state index contributed by atoms with van der Waals surface area (Å²) in [5.41, 5.74) is 1.51. The molecule has 0 N–H and O–H groups in total. The lowest BCUT2D eigenvalue weighted by molar-refractivity contribution is 0.625. The minimum absolute atomic E-state index is 0.0235. The summed E-state index contributed by atoms with van der Waals surface area (Å²) < 4.78 is 27.0. The van der Waals surface area contributed by atoms with Crippen molar-refractivity contribution in [3.8, 4) is 0 Å². The normalized spacial score (nSPS) is 10.1. The number of benzene rings is 2. The van der Waals surface area contributed by atoms with E-state index in [1.165, 1.54) is 24.3 Å². The van der Waals surface area contributed by atoms with Crippen molar-refractivity contribution >= 4 is 21.6 Å². The highest BCUT2D eigenvalue weighted by Crippen LogP contribution is 2.28. The Balaban J connectivity index is 2.38. The van der Waals surface area contributed by atoms with E-state index in [9.17, 15) is 8.78 Å². The van der Waals surface area contributed by atoms with Gasteiger partial charge in [0, 0.05) is 4.47 Å². The molecule has 90 valence electrons. The second-order valence-electron chi connectivity index (χ2n) is 3.81. The molecule has 0 fully saturated rings. The minimum Gasteiger partial charge on any atom is -0.235 e. The van der Waals surface area contributed by atoms with Gasteiger partial charge in [-0.2, -0.15) is 0 Å². The fourth-order valence-corrected chi connectivity index (χ4v) is 2.12. The van der Waals surface area contributed by atoms with Crippen LogP contribution in [0.15, 0.2) is 40.9 Å². The molecular weight excluding hydrogens is 300 g/mol. The molecule has 0 aromatic heterocycles. The van der Waals surface area contributed by atoms with Crippen molar-refractivity contribution < 1.29 is 8.78 Å². The molecule has 0 atom stereocenters. The second kappa shape index (κ2) is 5.28. The summed E-state index contributed by atoms with van der Waals surface area (Å²) in [4.78, 5) is 3.11. The molecule has 4 heteroatoms. The van der Waals surface area contributed by atoms with Gasteiger partial charge >= 0.3 is 0 Å². The fourth-order valence-electron chi connectivity index (χ4n) is 1.67. The third-order valence-corrected chi connectivity index (χ3v) is 3.26. The van der Waals surface area contributed by atoms with Crippen molar-refractivity contribution in [1.82, 2.24) is 0 Å². The van der Waals surface area contributed by atoms with Gasteiger partial charge in [0.05, 0.1) is 6.57 Å². The first-order valence-electron chi connectivity index (χ1n) is 5.20. The van der Waals surface area contributed by atoms with Crippen LogP contribution in [-0.4, -0.2) is 0 Å². The summed E-state index contributed by atoms with van der Waals surface area (Å²) in [7, 11) is 0. The predicted octanol–water partition coefficient (Wildman–Crippen LogP) is 4.87. The molecule has 0 amide bonds. The Morgan fingerprint density at radius 2 is 1.94 bits per heavy atom. The summed E-state index contributed by atoms with van der Waals surface area (Å²) >= 11 is 3.25. The lowest BCUT2D eigenvalue weighted by atomic mass is 10.0. The Morgan fingerprint density at radius 3 is 2.61 bits per heavy atom. The van der Waals surface area contributed by atoms with Gasteiger partial charge < -0.3 is 0 Å². The summed E-state index contributed by atoms with van der Waals surface area (Å²) in [5, 5.41) is 0. The summed E-state index contributed by atoms with van der Waals surface area (Å²) in [5.74, 6) is -0.865. The zero-order chi connectivity index (χ0) is 13.1. The molecule has 1 nitrogen and oxygen atoms in total. The standard InChI is InChI=1S/C14H8BrF2N/c1-18-14-7-10(12(15)8-13(14)17)5-9-3-2-4-11(16)6-9/h2-4,6-8H,5H2. The van der Waals surface area contributed by atoms with Crippen LogP contribution < -0.4 is 0 Å². The molecule has 0 aliphatic heterocycles. The van der Waals surface area contributed by atoms with E-state index in [2.05, 4.69) is 20.8 Å². The topological polar surface area (TPSA) is 4.36 Å². The smallest absolute Gasteiger partial charge is 0.222 e. The lowest BCUT2D eigenvalue weighted by Crippen LogP contribution is -1.91. The third-order valence-electron chi connectivity index (χ3n) is 2.52. The number of hydrogen-bond donors (Lipinski definition) is 0. The zero-order valence-electron chi connectivity index (χ0n) is 9.25. The molecule has 18 heavy (non-hydrogen) atoms. The van der Waals surface area contributed by atoms with Crippen molar-refractivity contribution in [2.24, 2.45) is 0 Å². The molecule has 2 aromatic rings. The van der Waals surface area contributed by atoms with Crippen LogP contribution in [0.25, 0.3) is 4.85 Å². The number of hydrogen-bond acceptors (Lipinski definition) is 0. The average molecular weight is 308 g/mol. The molecule has 0 aliphatic rings. The van der Waals surface area contributed by atoms with E-state index >= 15 is 0 Å². The highest BCUT2D eigenvalue weighted by atomic mass is 79.9. The summed E-state index contributed by atoms with van der Waals surface area (Å²) in [6, 6.07) is 8.95. The van der Waals surface area contributed by atoms with Crippen LogP contribution in [0, 0.1) is 18.2 Å². The Labute approximate surface area is 112 Å². The van der Waals surface area contributed by atoms with E-state index in [4.69, 9.17) is 6.57 Å². The van der Waals surface area contributed by atoms with E-state index in [-0.39, 0.29) is 11.5 Å². The number of nitrogens with zero attached hydrogens (tertiary/aromatic N) is 1. The van der Waals surface area contributed by atoms with Gasteiger partial charge in [0.15, 0.2) is 0 Å². The molecule has 0 heterocycles. The molecule has 2 rings (SSSR count). The number of halogens is 3. The maximum Gasteiger partial charge on any atom is 0.222 e. The quantitative estimate of drug-likeness (QED) is 0.697. The zero-order valence-corrected chi connectivity index (χ0v) is 10.8. The number of rotatable bonds is 2. The van der Waals surface area contributed by atoms with Gasteiger partial charge in [-0.25, -0.2) is 13.6 Å². The van der Waals surface area contributed by atoms with Gasteiger partial charge in [-0.1, -0.05) is 28.1 Å². The van der Waals surface area contributed by atoms with Crippen molar-refractivity contribution in [3.05, 3.63) is 75.0 Å². The SMILES string of the molecule is [C-]#[N+]c1cc(Cc2cccc(F)c2)c(Br)cc1F. The first-order chi connectivity index (χ1) is 8.60. The molecule has 0 saturated carbocycles. The van der Waals surface area contributed by atoms with Crippen molar-refractivity contribution in [3.63, 3.8) is 0 Å². The molecule has 2 aromatic carbocycles. The Hall–Kier alpha value is -1.73. The minimum atomic E-state index is -0.556. The third kappa shape index (κ3) is 2.74. The van der Waals surface area contributed by atoms with Crippen molar-refractivity contribution in [2.75, 3.05) is 0 Å². The second-order valence-corrected chi connectivity index (χ2v) is 4.67. The van der Waals surface area contributed by atoms with E-state index in [1.807, 2.05) is 0 Å². The van der Waals surface area contributed by atoms with Crippen LogP contribution in [0.5, 0.6) is 0 Å². The maximum absolute atomic E-state index is 13.3. The monoisotopic (exact) mass is 307 g/mol. The molecule has 0 aliphatic carbocycles. The summed E-state index contributed by atoms with van der Waals surface area (Å²) in [6.45, 7) is 6.88. The van der Waals surface area contributed by atoms with Crippen molar-refractivity contribution in [2.45, 2.75) is 6.42 Å². The van der Waals surface area contributed by atoms with Gasteiger partial charge in [-0.15, -0.1) is 0 Å². The van der Waals surface area contributed by atoms with E-state index < -0.39 is 5.82 Å². The van der Waals surface area contributed by atoms with E-state index in [0.717, 1.165) is 11.1 Å². The molecule has 0 spiro atoms. The first-order valence-corrected chi connectivity index (χ1v) is 5.99. The summed E-state index contributed by atoms with van der Waals surface area (Å²) in [6.07, 6.45) is 0.446. The highest BCUT2D eigenvalue weighted by Gasteiger charge is 2.09. The fraction of sp³-hybridized carbons (Fsp3) is 0.0714. The van der Waals surface area contributed by atoms with Crippen LogP contribution >= 0.6 is 15.9 Å². The Kier molecular flexibility index (Phi) is 3.73. The Bertz CT molecular complexity index is 632. The van der Waals surface area contributed by atoms with Gasteiger partial charge in [-0.3, -0.25) is 0 Å². The first kappa shape index (κ1) is 12.7. The average Bonchev–Trinajstić information content (AvgIpc) is 2.33. The van der Waals surface area contributed by atoms with Crippen LogP contribution in [0.1, 0.15) is 11.1 Å². The van der Waals surface area contributed by atoms with Gasteiger partial charge in [-0.05, 0) is 41.8 Å². The van der Waals surface area contributed by atoms with Crippen LogP contribution in [0.3, 0.4) is 0 Å². The van der Waals surface area contributed by atoms with E-state index in [0.29, 0.717) is 10.9 Å². The van der Waals surface area contributed by atoms with Gasteiger partial charge in [0.2, 0.25) is 5.69 Å². The molecule has 0 radical (unpaired) electrons. The lowest BCUT2D eigenvalue weighted by Gasteiger charge is -2.06. The molecular formula is C14H8BrF2N. The molecule has 0 unspecified atom stereocenters. The Morgan fingerprint density at radius 1 is 1.17 bits per heavy atom.